The number of rotatable bonds is 2. The van der Waals surface area contributed by atoms with E-state index in [1.165, 1.54) is 6.07 Å². The van der Waals surface area contributed by atoms with E-state index in [0.29, 0.717) is 0 Å². The normalized spacial score (nSPS) is 17.6. The first-order valence-electron chi connectivity index (χ1n) is 7.42. The number of nitrogens with one attached hydrogen (secondary N) is 1. The molecule has 24 heavy (non-hydrogen) atoms. The minimum Gasteiger partial charge on any atom is -0.314 e. The standard InChI is InChI=1S/C16H22ClF3N2.2ClH/c1-15(2,3)14(22-8-6-21-7-9-22)11-4-5-12(13(17)10-11)16(18,19)20;;/h4-5,10,14,21H,6-9H2,1-3H3;2*1H/t14-;;/m0../s1. The van der Waals surface area contributed by atoms with Crippen molar-refractivity contribution in [1.82, 2.24) is 10.2 Å². The lowest BCUT2D eigenvalue weighted by atomic mass is 9.80. The molecule has 0 saturated carbocycles. The van der Waals surface area contributed by atoms with Crippen LogP contribution in [0.1, 0.15) is 37.9 Å². The lowest BCUT2D eigenvalue weighted by Crippen LogP contribution is -2.48. The van der Waals surface area contributed by atoms with E-state index in [0.717, 1.165) is 37.8 Å². The van der Waals surface area contributed by atoms with E-state index >= 15 is 0 Å². The van der Waals surface area contributed by atoms with Crippen molar-refractivity contribution < 1.29 is 13.2 Å². The fourth-order valence-electron chi connectivity index (χ4n) is 3.13. The number of hydrogen-bond acceptors (Lipinski definition) is 2. The van der Waals surface area contributed by atoms with Gasteiger partial charge in [-0.3, -0.25) is 4.90 Å². The van der Waals surface area contributed by atoms with Gasteiger partial charge in [-0.05, 0) is 23.1 Å². The second kappa shape index (κ2) is 8.95. The first-order valence-corrected chi connectivity index (χ1v) is 7.80. The van der Waals surface area contributed by atoms with Crippen LogP contribution in [0.25, 0.3) is 0 Å². The molecule has 1 saturated heterocycles. The molecule has 1 aliphatic rings. The van der Waals surface area contributed by atoms with Gasteiger partial charge >= 0.3 is 6.18 Å². The van der Waals surface area contributed by atoms with Gasteiger partial charge in [-0.2, -0.15) is 13.2 Å². The Balaban J connectivity index is 0.00000264. The maximum absolute atomic E-state index is 12.9. The van der Waals surface area contributed by atoms with Gasteiger partial charge in [0.15, 0.2) is 0 Å². The number of hydrogen-bond donors (Lipinski definition) is 1. The highest BCUT2D eigenvalue weighted by Gasteiger charge is 2.36. The summed E-state index contributed by atoms with van der Waals surface area (Å²) in [6.07, 6.45) is -4.41. The zero-order valence-electron chi connectivity index (χ0n) is 13.9. The minimum atomic E-state index is -4.41. The van der Waals surface area contributed by atoms with E-state index < -0.39 is 11.7 Å². The van der Waals surface area contributed by atoms with Gasteiger partial charge in [-0.1, -0.05) is 38.4 Å². The second-order valence-corrected chi connectivity index (χ2v) is 7.20. The van der Waals surface area contributed by atoms with Crippen molar-refractivity contribution in [2.75, 3.05) is 26.2 Å². The highest BCUT2D eigenvalue weighted by atomic mass is 35.5. The van der Waals surface area contributed by atoms with Crippen LogP contribution in [0.2, 0.25) is 5.02 Å². The topological polar surface area (TPSA) is 15.3 Å². The molecule has 0 unspecified atom stereocenters. The summed E-state index contributed by atoms with van der Waals surface area (Å²) in [6.45, 7) is 9.84. The van der Waals surface area contributed by atoms with Crippen LogP contribution < -0.4 is 5.32 Å². The van der Waals surface area contributed by atoms with Crippen molar-refractivity contribution >= 4 is 36.4 Å². The SMILES string of the molecule is CC(C)(C)[C@H](c1ccc(C(F)(F)F)c(Cl)c1)N1CCNCC1.Cl.Cl. The summed E-state index contributed by atoms with van der Waals surface area (Å²) < 4.78 is 38.6. The molecule has 1 aromatic rings. The van der Waals surface area contributed by atoms with Crippen LogP contribution in [0.4, 0.5) is 13.2 Å². The maximum atomic E-state index is 12.9. The molecule has 0 radical (unpaired) electrons. The number of nitrogens with zero attached hydrogens (tertiary/aromatic N) is 1. The molecular formula is C16H24Cl3F3N2. The highest BCUT2D eigenvalue weighted by molar-refractivity contribution is 6.31. The highest BCUT2D eigenvalue weighted by Crippen LogP contribution is 2.41. The quantitative estimate of drug-likeness (QED) is 0.725. The fourth-order valence-corrected chi connectivity index (χ4v) is 3.43. The Kier molecular flexibility index (Phi) is 8.87. The molecule has 2 nitrogen and oxygen atoms in total. The van der Waals surface area contributed by atoms with Gasteiger partial charge in [0, 0.05) is 32.2 Å². The van der Waals surface area contributed by atoms with E-state index in [2.05, 4.69) is 31.0 Å². The Hall–Kier alpha value is -0.200. The van der Waals surface area contributed by atoms with Crippen LogP contribution >= 0.6 is 36.4 Å². The molecule has 0 amide bonds. The Labute approximate surface area is 158 Å². The maximum Gasteiger partial charge on any atom is 0.417 e. The molecule has 0 aliphatic carbocycles. The zero-order chi connectivity index (χ0) is 16.5. The fraction of sp³-hybridized carbons (Fsp3) is 0.625. The van der Waals surface area contributed by atoms with Crippen LogP contribution in [-0.4, -0.2) is 31.1 Å². The molecule has 0 spiro atoms. The molecule has 1 atom stereocenters. The summed E-state index contributed by atoms with van der Waals surface area (Å²) in [5, 5.41) is 3.07. The van der Waals surface area contributed by atoms with Crippen molar-refractivity contribution in [3.05, 3.63) is 34.3 Å². The van der Waals surface area contributed by atoms with Crippen LogP contribution in [0, 0.1) is 5.41 Å². The monoisotopic (exact) mass is 406 g/mol. The third kappa shape index (κ3) is 5.67. The third-order valence-corrected chi connectivity index (χ3v) is 4.26. The van der Waals surface area contributed by atoms with E-state index in [1.54, 1.807) is 6.07 Å². The zero-order valence-corrected chi connectivity index (χ0v) is 16.3. The van der Waals surface area contributed by atoms with Crippen molar-refractivity contribution in [1.29, 1.82) is 0 Å². The van der Waals surface area contributed by atoms with Crippen molar-refractivity contribution in [3.63, 3.8) is 0 Å². The third-order valence-electron chi connectivity index (χ3n) is 3.95. The lowest BCUT2D eigenvalue weighted by Gasteiger charge is -2.42. The molecule has 1 fully saturated rings. The van der Waals surface area contributed by atoms with Gasteiger partial charge in [0.2, 0.25) is 0 Å². The Bertz CT molecular complexity index is 524. The Morgan fingerprint density at radius 3 is 2.04 bits per heavy atom. The average molecular weight is 408 g/mol. The van der Waals surface area contributed by atoms with Gasteiger partial charge in [0.05, 0.1) is 10.6 Å². The number of halogens is 6. The van der Waals surface area contributed by atoms with E-state index in [1.807, 2.05) is 0 Å². The van der Waals surface area contributed by atoms with Crippen LogP contribution in [0.5, 0.6) is 0 Å². The molecule has 1 heterocycles. The lowest BCUT2D eigenvalue weighted by molar-refractivity contribution is -0.137. The number of benzene rings is 1. The van der Waals surface area contributed by atoms with Crippen molar-refractivity contribution in [2.45, 2.75) is 33.0 Å². The number of piperazine rings is 1. The summed E-state index contributed by atoms with van der Waals surface area (Å²) in [6, 6.07) is 4.17. The largest absolute Gasteiger partial charge is 0.417 e. The average Bonchev–Trinajstić information content (AvgIpc) is 2.37. The molecule has 140 valence electrons. The van der Waals surface area contributed by atoms with E-state index in [4.69, 9.17) is 11.6 Å². The summed E-state index contributed by atoms with van der Waals surface area (Å²) in [7, 11) is 0. The van der Waals surface area contributed by atoms with Gasteiger partial charge in [-0.25, -0.2) is 0 Å². The molecule has 0 aromatic heterocycles. The van der Waals surface area contributed by atoms with Crippen LogP contribution in [0.15, 0.2) is 18.2 Å². The van der Waals surface area contributed by atoms with Crippen LogP contribution in [0.3, 0.4) is 0 Å². The Morgan fingerprint density at radius 1 is 1.08 bits per heavy atom. The van der Waals surface area contributed by atoms with Gasteiger partial charge < -0.3 is 5.32 Å². The van der Waals surface area contributed by atoms with Gasteiger partial charge in [0.1, 0.15) is 0 Å². The minimum absolute atomic E-state index is 0. The molecular weight excluding hydrogens is 384 g/mol. The second-order valence-electron chi connectivity index (χ2n) is 6.79. The summed E-state index contributed by atoms with van der Waals surface area (Å²) in [5.41, 5.74) is -0.0289. The number of alkyl halides is 3. The Morgan fingerprint density at radius 2 is 1.62 bits per heavy atom. The van der Waals surface area contributed by atoms with Gasteiger partial charge in [-0.15, -0.1) is 24.8 Å². The smallest absolute Gasteiger partial charge is 0.314 e. The van der Waals surface area contributed by atoms with E-state index in [-0.39, 0.29) is 41.3 Å². The summed E-state index contributed by atoms with van der Waals surface area (Å²) in [5.74, 6) is 0. The predicted octanol–water partition coefficient (Wildman–Crippen LogP) is 5.19. The van der Waals surface area contributed by atoms with Crippen molar-refractivity contribution in [3.8, 4) is 0 Å². The first-order chi connectivity index (χ1) is 10.1. The molecule has 1 N–H and O–H groups in total. The molecule has 2 rings (SSSR count). The first kappa shape index (κ1) is 23.8. The van der Waals surface area contributed by atoms with Crippen LogP contribution in [-0.2, 0) is 6.18 Å². The predicted molar refractivity (Wildman–Crippen MR) is 97.6 cm³/mol. The summed E-state index contributed by atoms with van der Waals surface area (Å²) >= 11 is 5.90. The molecule has 1 aromatic carbocycles. The van der Waals surface area contributed by atoms with E-state index in [9.17, 15) is 13.2 Å². The van der Waals surface area contributed by atoms with Crippen molar-refractivity contribution in [2.24, 2.45) is 5.41 Å². The van der Waals surface area contributed by atoms with Gasteiger partial charge in [0.25, 0.3) is 0 Å². The molecule has 1 aliphatic heterocycles. The summed E-state index contributed by atoms with van der Waals surface area (Å²) in [4.78, 5) is 2.31. The molecule has 8 heteroatoms. The molecule has 0 bridgehead atoms.